The molecule has 0 heterocycles. The van der Waals surface area contributed by atoms with Crippen molar-refractivity contribution in [2.75, 3.05) is 13.2 Å². The zero-order chi connectivity index (χ0) is 10.2. The van der Waals surface area contributed by atoms with Crippen LogP contribution in [0.5, 0.6) is 0 Å². The molecule has 0 aromatic carbocycles. The molecule has 0 spiro atoms. The van der Waals surface area contributed by atoms with E-state index in [1.165, 1.54) is 12.8 Å². The Morgan fingerprint density at radius 3 is 2.23 bits per heavy atom. The van der Waals surface area contributed by atoms with E-state index in [9.17, 15) is 4.11 Å². The highest BCUT2D eigenvalue weighted by molar-refractivity contribution is 6.70. The van der Waals surface area contributed by atoms with Crippen molar-refractivity contribution in [3.8, 4) is 0 Å². The fourth-order valence-corrected chi connectivity index (χ4v) is 2.14. The monoisotopic (exact) mass is 206 g/mol. The van der Waals surface area contributed by atoms with Crippen LogP contribution in [0, 0.1) is 0 Å². The summed E-state index contributed by atoms with van der Waals surface area (Å²) in [5, 5.41) is 0. The molecule has 0 bridgehead atoms. The third kappa shape index (κ3) is 12.1. The van der Waals surface area contributed by atoms with Gasteiger partial charge in [0.1, 0.15) is 0 Å². The molecular weight excluding hydrogens is 183 g/mol. The van der Waals surface area contributed by atoms with Gasteiger partial charge >= 0.3 is 0 Å². The van der Waals surface area contributed by atoms with E-state index in [4.69, 9.17) is 4.74 Å². The molecule has 0 aliphatic carbocycles. The van der Waals surface area contributed by atoms with Crippen LogP contribution in [0.2, 0.25) is 19.1 Å². The average molecular weight is 206 g/mol. The van der Waals surface area contributed by atoms with Gasteiger partial charge in [-0.05, 0) is 32.0 Å². The third-order valence-corrected chi connectivity index (χ3v) is 3.49. The van der Waals surface area contributed by atoms with Crippen molar-refractivity contribution >= 4 is 8.41 Å². The highest BCUT2D eigenvalue weighted by Gasteiger charge is 2.18. The van der Waals surface area contributed by atoms with Crippen LogP contribution in [-0.4, -0.2) is 21.6 Å². The van der Waals surface area contributed by atoms with E-state index in [-0.39, 0.29) is 0 Å². The van der Waals surface area contributed by atoms with Gasteiger partial charge in [0.25, 0.3) is 0 Å². The van der Waals surface area contributed by atoms with Crippen LogP contribution in [0.4, 0.5) is 4.11 Å². The minimum absolute atomic E-state index is 0.737. The quantitative estimate of drug-likeness (QED) is 0.334. The smallest absolute Gasteiger partial charge is 0.241 e. The summed E-state index contributed by atoms with van der Waals surface area (Å²) in [7, 11) is -2.31. The summed E-state index contributed by atoms with van der Waals surface area (Å²) in [6.07, 6.45) is 4.51. The Labute approximate surface area is 82.9 Å². The second-order valence-corrected chi connectivity index (χ2v) is 8.08. The van der Waals surface area contributed by atoms with E-state index in [1.54, 1.807) is 13.1 Å². The van der Waals surface area contributed by atoms with Gasteiger partial charge in [-0.1, -0.05) is 19.8 Å². The Bertz CT molecular complexity index is 112. The van der Waals surface area contributed by atoms with Crippen molar-refractivity contribution in [1.82, 2.24) is 0 Å². The van der Waals surface area contributed by atoms with Crippen LogP contribution in [-0.2, 0) is 4.74 Å². The molecule has 0 saturated heterocycles. The van der Waals surface area contributed by atoms with Crippen molar-refractivity contribution in [1.29, 1.82) is 0 Å². The minimum atomic E-state index is -2.31. The lowest BCUT2D eigenvalue weighted by Crippen LogP contribution is -2.18. The fraction of sp³-hybridized carbons (Fsp3) is 1.00. The molecule has 0 amide bonds. The van der Waals surface area contributed by atoms with E-state index in [0.717, 1.165) is 32.1 Å². The highest BCUT2D eigenvalue weighted by Crippen LogP contribution is 2.12. The van der Waals surface area contributed by atoms with E-state index < -0.39 is 8.41 Å². The maximum atomic E-state index is 13.1. The summed E-state index contributed by atoms with van der Waals surface area (Å²) in [6.45, 7) is 7.28. The Morgan fingerprint density at radius 2 is 1.69 bits per heavy atom. The highest BCUT2D eigenvalue weighted by atomic mass is 28.4. The minimum Gasteiger partial charge on any atom is -0.381 e. The normalized spacial score (nSPS) is 12.0. The third-order valence-electron chi connectivity index (χ3n) is 1.95. The van der Waals surface area contributed by atoms with Gasteiger partial charge in [0.05, 0.1) is 0 Å². The molecule has 3 heteroatoms. The van der Waals surface area contributed by atoms with Gasteiger partial charge < -0.3 is 8.84 Å². The topological polar surface area (TPSA) is 9.23 Å². The summed E-state index contributed by atoms with van der Waals surface area (Å²) in [5.41, 5.74) is 0. The molecule has 0 rings (SSSR count). The van der Waals surface area contributed by atoms with Gasteiger partial charge in [0, 0.05) is 13.2 Å². The van der Waals surface area contributed by atoms with Gasteiger partial charge in [-0.25, -0.2) is 0 Å². The maximum Gasteiger partial charge on any atom is 0.241 e. The molecule has 0 aliphatic heterocycles. The molecular formula is C10H23FOSi. The van der Waals surface area contributed by atoms with Crippen molar-refractivity contribution in [3.05, 3.63) is 0 Å². The summed E-state index contributed by atoms with van der Waals surface area (Å²) in [5.74, 6) is 0. The molecule has 13 heavy (non-hydrogen) atoms. The molecule has 0 N–H and O–H groups in total. The van der Waals surface area contributed by atoms with Crippen molar-refractivity contribution < 1.29 is 8.84 Å². The van der Waals surface area contributed by atoms with Crippen LogP contribution in [0.25, 0.3) is 0 Å². The van der Waals surface area contributed by atoms with Crippen molar-refractivity contribution in [2.45, 2.75) is 51.7 Å². The summed E-state index contributed by atoms with van der Waals surface area (Å²) >= 11 is 0. The lowest BCUT2D eigenvalue weighted by molar-refractivity contribution is 0.130. The van der Waals surface area contributed by atoms with Crippen molar-refractivity contribution in [3.63, 3.8) is 0 Å². The number of unbranched alkanes of at least 4 members (excludes halogenated alkanes) is 2. The second-order valence-electron chi connectivity index (χ2n) is 4.14. The first-order valence-corrected chi connectivity index (χ1v) is 8.41. The lowest BCUT2D eigenvalue weighted by Gasteiger charge is -2.10. The zero-order valence-corrected chi connectivity index (χ0v) is 10.2. The number of hydrogen-bond acceptors (Lipinski definition) is 1. The predicted molar refractivity (Wildman–Crippen MR) is 58.4 cm³/mol. The maximum absolute atomic E-state index is 13.1. The van der Waals surface area contributed by atoms with E-state index in [2.05, 4.69) is 6.92 Å². The van der Waals surface area contributed by atoms with Crippen LogP contribution in [0.15, 0.2) is 0 Å². The van der Waals surface area contributed by atoms with Gasteiger partial charge in [0.2, 0.25) is 8.41 Å². The molecule has 1 nitrogen and oxygen atoms in total. The van der Waals surface area contributed by atoms with E-state index >= 15 is 0 Å². The van der Waals surface area contributed by atoms with Crippen LogP contribution >= 0.6 is 0 Å². The van der Waals surface area contributed by atoms with E-state index in [1.807, 2.05) is 0 Å². The van der Waals surface area contributed by atoms with Gasteiger partial charge in [-0.2, -0.15) is 0 Å². The first-order valence-electron chi connectivity index (χ1n) is 5.33. The average Bonchev–Trinajstić information content (AvgIpc) is 2.01. The first kappa shape index (κ1) is 13.1. The summed E-state index contributed by atoms with van der Waals surface area (Å²) in [4.78, 5) is 0. The molecule has 0 aromatic rings. The Kier molecular flexibility index (Phi) is 7.57. The first-order chi connectivity index (χ1) is 6.06. The van der Waals surface area contributed by atoms with Crippen LogP contribution in [0.3, 0.4) is 0 Å². The number of rotatable bonds is 8. The molecule has 0 radical (unpaired) electrons. The molecule has 0 saturated carbocycles. The summed E-state index contributed by atoms with van der Waals surface area (Å²) in [6, 6.07) is 0.737. The standard InChI is InChI=1S/C10H23FOSi/c1-4-5-6-8-12-9-7-10-13(2,3)11/h4-10H2,1-3H3. The van der Waals surface area contributed by atoms with Gasteiger partial charge in [-0.3, -0.25) is 0 Å². The Balaban J connectivity index is 3.00. The second kappa shape index (κ2) is 7.51. The Hall–Kier alpha value is 0.107. The number of halogens is 1. The molecule has 0 unspecified atom stereocenters. The molecule has 80 valence electrons. The van der Waals surface area contributed by atoms with Gasteiger partial charge in [-0.15, -0.1) is 0 Å². The number of hydrogen-bond donors (Lipinski definition) is 0. The Morgan fingerprint density at radius 1 is 1.08 bits per heavy atom. The molecule has 0 fully saturated rings. The van der Waals surface area contributed by atoms with Crippen molar-refractivity contribution in [2.24, 2.45) is 0 Å². The zero-order valence-electron chi connectivity index (χ0n) is 9.24. The number of ether oxygens (including phenoxy) is 1. The molecule has 0 aliphatic rings. The lowest BCUT2D eigenvalue weighted by atomic mass is 10.3. The fourth-order valence-electron chi connectivity index (χ4n) is 1.15. The van der Waals surface area contributed by atoms with Crippen LogP contribution < -0.4 is 0 Å². The van der Waals surface area contributed by atoms with Crippen LogP contribution in [0.1, 0.15) is 32.6 Å². The molecule has 0 atom stereocenters. The molecule has 0 aromatic heterocycles. The van der Waals surface area contributed by atoms with E-state index in [0.29, 0.717) is 0 Å². The largest absolute Gasteiger partial charge is 0.381 e. The predicted octanol–water partition coefficient (Wildman–Crippen LogP) is 3.76. The van der Waals surface area contributed by atoms with Gasteiger partial charge in [0.15, 0.2) is 0 Å². The SMILES string of the molecule is CCCCCOCCC[Si](C)(C)F. The summed E-state index contributed by atoms with van der Waals surface area (Å²) < 4.78 is 18.5.